The fourth-order valence-corrected chi connectivity index (χ4v) is 2.99. The standard InChI is InChI=1S/C17H21N3O3/c1-12-11-23-10-9-19(12)16(21)7-8-20-13(2)18-15-6-4-3-5-14(15)17(20)22/h3-6,12H,7-11H2,1-2H3/t12-/m0/s1. The molecule has 1 aromatic carbocycles. The van der Waals surface area contributed by atoms with E-state index in [1.165, 1.54) is 0 Å². The summed E-state index contributed by atoms with van der Waals surface area (Å²) in [4.78, 5) is 31.3. The fraction of sp³-hybridized carbons (Fsp3) is 0.471. The van der Waals surface area contributed by atoms with E-state index in [-0.39, 0.29) is 17.5 Å². The van der Waals surface area contributed by atoms with Crippen LogP contribution in [-0.4, -0.2) is 46.2 Å². The first-order valence-electron chi connectivity index (χ1n) is 7.91. The molecule has 1 saturated heterocycles. The highest BCUT2D eigenvalue weighted by molar-refractivity contribution is 5.78. The molecule has 122 valence electrons. The molecule has 2 heterocycles. The summed E-state index contributed by atoms with van der Waals surface area (Å²) in [6.07, 6.45) is 0.297. The first-order valence-corrected chi connectivity index (χ1v) is 7.91. The number of rotatable bonds is 3. The van der Waals surface area contributed by atoms with Gasteiger partial charge in [-0.15, -0.1) is 0 Å². The lowest BCUT2D eigenvalue weighted by atomic mass is 10.2. The lowest BCUT2D eigenvalue weighted by molar-refractivity contribution is -0.139. The van der Waals surface area contributed by atoms with Crippen molar-refractivity contribution in [2.45, 2.75) is 32.9 Å². The predicted molar refractivity (Wildman–Crippen MR) is 87.4 cm³/mol. The Morgan fingerprint density at radius 2 is 2.17 bits per heavy atom. The van der Waals surface area contributed by atoms with Crippen LogP contribution in [0.3, 0.4) is 0 Å². The number of para-hydroxylation sites is 1. The summed E-state index contributed by atoms with van der Waals surface area (Å²) in [6.45, 7) is 5.89. The third kappa shape index (κ3) is 3.12. The van der Waals surface area contributed by atoms with E-state index < -0.39 is 0 Å². The molecule has 0 bridgehead atoms. The minimum absolute atomic E-state index is 0.0558. The van der Waals surface area contributed by atoms with Gasteiger partial charge in [0.2, 0.25) is 5.91 Å². The number of nitrogens with zero attached hydrogens (tertiary/aromatic N) is 3. The Kier molecular flexibility index (Phi) is 4.43. The minimum atomic E-state index is -0.0871. The molecular formula is C17H21N3O3. The number of fused-ring (bicyclic) bond motifs is 1. The largest absolute Gasteiger partial charge is 0.377 e. The molecule has 1 aliphatic rings. The number of aromatic nitrogens is 2. The van der Waals surface area contributed by atoms with Gasteiger partial charge in [0.05, 0.1) is 30.2 Å². The zero-order valence-corrected chi connectivity index (χ0v) is 13.5. The second kappa shape index (κ2) is 6.50. The lowest BCUT2D eigenvalue weighted by Gasteiger charge is -2.33. The molecule has 0 unspecified atom stereocenters. The van der Waals surface area contributed by atoms with Gasteiger partial charge in [0.1, 0.15) is 5.82 Å². The van der Waals surface area contributed by atoms with Gasteiger partial charge in [0.25, 0.3) is 5.56 Å². The van der Waals surface area contributed by atoms with Crippen molar-refractivity contribution < 1.29 is 9.53 Å². The summed E-state index contributed by atoms with van der Waals surface area (Å²) >= 11 is 0. The molecule has 1 aromatic heterocycles. The van der Waals surface area contributed by atoms with E-state index in [1.54, 1.807) is 17.6 Å². The SMILES string of the molecule is Cc1nc2ccccc2c(=O)n1CCC(=O)N1CCOC[C@@H]1C. The molecule has 0 aliphatic carbocycles. The fourth-order valence-electron chi connectivity index (χ4n) is 2.99. The smallest absolute Gasteiger partial charge is 0.261 e. The zero-order chi connectivity index (χ0) is 16.4. The topological polar surface area (TPSA) is 64.4 Å². The van der Waals surface area contributed by atoms with E-state index >= 15 is 0 Å². The van der Waals surface area contributed by atoms with Crippen molar-refractivity contribution in [3.05, 3.63) is 40.4 Å². The van der Waals surface area contributed by atoms with Crippen LogP contribution in [0.15, 0.2) is 29.1 Å². The summed E-state index contributed by atoms with van der Waals surface area (Å²) < 4.78 is 6.94. The van der Waals surface area contributed by atoms with Crippen molar-refractivity contribution in [1.29, 1.82) is 0 Å². The van der Waals surface area contributed by atoms with Crippen molar-refractivity contribution in [3.63, 3.8) is 0 Å². The summed E-state index contributed by atoms with van der Waals surface area (Å²) in [5.41, 5.74) is 0.607. The Labute approximate surface area is 134 Å². The van der Waals surface area contributed by atoms with Crippen LogP contribution in [0.4, 0.5) is 0 Å². The second-order valence-corrected chi connectivity index (χ2v) is 5.89. The van der Waals surface area contributed by atoms with Gasteiger partial charge in [-0.25, -0.2) is 4.98 Å². The van der Waals surface area contributed by atoms with Crippen molar-refractivity contribution in [2.24, 2.45) is 0 Å². The summed E-state index contributed by atoms with van der Waals surface area (Å²) in [6, 6.07) is 7.37. The number of benzene rings is 1. The Bertz CT molecular complexity index is 784. The van der Waals surface area contributed by atoms with Crippen LogP contribution < -0.4 is 5.56 Å². The van der Waals surface area contributed by atoms with Crippen molar-refractivity contribution in [1.82, 2.24) is 14.5 Å². The molecule has 1 fully saturated rings. The van der Waals surface area contributed by atoms with Gasteiger partial charge in [-0.1, -0.05) is 12.1 Å². The van der Waals surface area contributed by atoms with Gasteiger partial charge in [0.15, 0.2) is 0 Å². The van der Waals surface area contributed by atoms with E-state index in [9.17, 15) is 9.59 Å². The normalized spacial score (nSPS) is 18.3. The molecular weight excluding hydrogens is 294 g/mol. The van der Waals surface area contributed by atoms with Gasteiger partial charge in [-0.2, -0.15) is 0 Å². The summed E-state index contributed by atoms with van der Waals surface area (Å²) in [5, 5.41) is 0.588. The number of hydrogen-bond acceptors (Lipinski definition) is 4. The molecule has 3 rings (SSSR count). The highest BCUT2D eigenvalue weighted by Gasteiger charge is 2.23. The Morgan fingerprint density at radius 1 is 1.39 bits per heavy atom. The van der Waals surface area contributed by atoms with Crippen LogP contribution in [-0.2, 0) is 16.1 Å². The van der Waals surface area contributed by atoms with Crippen LogP contribution in [0, 0.1) is 6.92 Å². The van der Waals surface area contributed by atoms with Crippen LogP contribution >= 0.6 is 0 Å². The molecule has 1 aliphatic heterocycles. The van der Waals surface area contributed by atoms with Crippen molar-refractivity contribution in [3.8, 4) is 0 Å². The molecule has 6 heteroatoms. The Morgan fingerprint density at radius 3 is 2.96 bits per heavy atom. The molecule has 0 saturated carbocycles. The average Bonchev–Trinajstić information content (AvgIpc) is 2.55. The van der Waals surface area contributed by atoms with E-state index in [2.05, 4.69) is 4.98 Å². The van der Waals surface area contributed by atoms with Crippen LogP contribution in [0.2, 0.25) is 0 Å². The molecule has 0 radical (unpaired) electrons. The van der Waals surface area contributed by atoms with Crippen LogP contribution in [0.1, 0.15) is 19.2 Å². The molecule has 2 aromatic rings. The van der Waals surface area contributed by atoms with Crippen LogP contribution in [0.5, 0.6) is 0 Å². The molecule has 0 N–H and O–H groups in total. The zero-order valence-electron chi connectivity index (χ0n) is 13.5. The molecule has 6 nitrogen and oxygen atoms in total. The maximum atomic E-state index is 12.6. The molecule has 1 atom stereocenters. The summed E-state index contributed by atoms with van der Waals surface area (Å²) in [7, 11) is 0. The van der Waals surface area contributed by atoms with Gasteiger partial charge in [0, 0.05) is 19.5 Å². The molecule has 23 heavy (non-hydrogen) atoms. The minimum Gasteiger partial charge on any atom is -0.377 e. The number of morpholine rings is 1. The Hall–Kier alpha value is -2.21. The number of amides is 1. The average molecular weight is 315 g/mol. The van der Waals surface area contributed by atoms with Gasteiger partial charge < -0.3 is 9.64 Å². The van der Waals surface area contributed by atoms with E-state index in [4.69, 9.17) is 4.74 Å². The lowest BCUT2D eigenvalue weighted by Crippen LogP contribution is -2.47. The number of aryl methyl sites for hydroxylation is 1. The maximum Gasteiger partial charge on any atom is 0.261 e. The van der Waals surface area contributed by atoms with E-state index in [0.717, 1.165) is 0 Å². The third-order valence-electron chi connectivity index (χ3n) is 4.29. The Balaban J connectivity index is 1.79. The quantitative estimate of drug-likeness (QED) is 0.857. The first-order chi connectivity index (χ1) is 11.1. The van der Waals surface area contributed by atoms with Gasteiger partial charge in [-0.05, 0) is 26.0 Å². The second-order valence-electron chi connectivity index (χ2n) is 5.89. The van der Waals surface area contributed by atoms with Gasteiger partial charge in [-0.3, -0.25) is 14.2 Å². The van der Waals surface area contributed by atoms with Crippen molar-refractivity contribution in [2.75, 3.05) is 19.8 Å². The number of hydrogen-bond donors (Lipinski definition) is 0. The monoisotopic (exact) mass is 315 g/mol. The van der Waals surface area contributed by atoms with Crippen molar-refractivity contribution >= 4 is 16.8 Å². The van der Waals surface area contributed by atoms with Gasteiger partial charge >= 0.3 is 0 Å². The molecule has 0 spiro atoms. The van der Waals surface area contributed by atoms with Crippen LogP contribution in [0.25, 0.3) is 10.9 Å². The van der Waals surface area contributed by atoms with E-state index in [0.29, 0.717) is 49.5 Å². The highest BCUT2D eigenvalue weighted by Crippen LogP contribution is 2.10. The third-order valence-corrected chi connectivity index (χ3v) is 4.29. The highest BCUT2D eigenvalue weighted by atomic mass is 16.5. The first kappa shape index (κ1) is 15.7. The number of ether oxygens (including phenoxy) is 1. The summed E-state index contributed by atoms with van der Waals surface area (Å²) in [5.74, 6) is 0.691. The maximum absolute atomic E-state index is 12.6. The number of carbonyl (C=O) groups is 1. The number of carbonyl (C=O) groups excluding carboxylic acids is 1. The molecule has 1 amide bonds. The van der Waals surface area contributed by atoms with E-state index in [1.807, 2.05) is 30.0 Å². The predicted octanol–water partition coefficient (Wildman–Crippen LogP) is 1.34.